The molecule has 1 aliphatic heterocycles. The first-order valence-corrected chi connectivity index (χ1v) is 16.4. The van der Waals surface area contributed by atoms with Crippen LogP contribution in [0.25, 0.3) is 46.3 Å². The number of aromatic nitrogens is 1. The molecule has 0 bridgehead atoms. The van der Waals surface area contributed by atoms with Crippen LogP contribution in [0, 0.1) is 10.4 Å². The molecule has 0 aliphatic carbocycles. The zero-order chi connectivity index (χ0) is 32.9. The zero-order valence-corrected chi connectivity index (χ0v) is 27.3. The van der Waals surface area contributed by atoms with Gasteiger partial charge in [0.05, 0.1) is 17.4 Å². The Morgan fingerprint density at radius 2 is 1.38 bits per heavy atom. The molecule has 0 amide bonds. The van der Waals surface area contributed by atoms with Crippen LogP contribution in [0.2, 0.25) is 0 Å². The highest BCUT2D eigenvalue weighted by molar-refractivity contribution is 5.85. The summed E-state index contributed by atoms with van der Waals surface area (Å²) < 4.78 is 0. The van der Waals surface area contributed by atoms with Crippen molar-refractivity contribution >= 4 is 18.3 Å². The lowest BCUT2D eigenvalue weighted by molar-refractivity contribution is 0.716. The minimum atomic E-state index is 0.287. The highest BCUT2D eigenvalue weighted by Crippen LogP contribution is 2.45. The highest BCUT2D eigenvalue weighted by Gasteiger charge is 2.30. The first kappa shape index (κ1) is 30.7. The van der Waals surface area contributed by atoms with Crippen LogP contribution in [-0.4, -0.2) is 12.0 Å². The van der Waals surface area contributed by atoms with Crippen molar-refractivity contribution in [3.05, 3.63) is 202 Å². The first-order valence-electron chi connectivity index (χ1n) is 16.4. The molecule has 6 aromatic rings. The van der Waals surface area contributed by atoms with Gasteiger partial charge < -0.3 is 4.90 Å². The van der Waals surface area contributed by atoms with E-state index in [-0.39, 0.29) is 6.04 Å². The molecule has 0 N–H and O–H groups in total. The lowest BCUT2D eigenvalue weighted by Gasteiger charge is -2.25. The molecular weight excluding hydrogens is 581 g/mol. The monoisotopic (exact) mass is 618 g/mol. The van der Waals surface area contributed by atoms with Crippen LogP contribution in [0.4, 0.5) is 5.69 Å². The largest absolute Gasteiger partial charge is 0.366 e. The molecule has 1 aromatic heterocycles. The second kappa shape index (κ2) is 13.8. The van der Waals surface area contributed by atoms with Crippen LogP contribution in [0.5, 0.6) is 0 Å². The third-order valence-corrected chi connectivity index (χ3v) is 9.15. The minimum Gasteiger partial charge on any atom is -0.366 e. The Bertz CT molecular complexity index is 2370. The fourth-order valence-electron chi connectivity index (χ4n) is 6.75. The number of anilines is 1. The molecule has 2 heterocycles. The van der Waals surface area contributed by atoms with Gasteiger partial charge in [0.25, 0.3) is 0 Å². The smallest absolute Gasteiger partial charge is 0.0736 e. The fraction of sp³-hybridized carbons (Fsp3) is 0.0652. The second-order valence-corrected chi connectivity index (χ2v) is 12.2. The average Bonchev–Trinajstić information content (AvgIpc) is 3.48. The number of benzene rings is 5. The van der Waals surface area contributed by atoms with Gasteiger partial charge in [-0.15, -0.1) is 0 Å². The summed E-state index contributed by atoms with van der Waals surface area (Å²) in [6, 6.07) is 47.8. The van der Waals surface area contributed by atoms with Gasteiger partial charge in [0.2, 0.25) is 0 Å². The summed E-state index contributed by atoms with van der Waals surface area (Å²) in [6.45, 7) is 8.12. The molecule has 0 spiro atoms. The van der Waals surface area contributed by atoms with Crippen LogP contribution in [0.3, 0.4) is 0 Å². The third kappa shape index (κ3) is 6.21. The number of para-hydroxylation sites is 1. The van der Waals surface area contributed by atoms with E-state index in [1.165, 1.54) is 16.8 Å². The van der Waals surface area contributed by atoms with Crippen molar-refractivity contribution < 1.29 is 0 Å². The van der Waals surface area contributed by atoms with Gasteiger partial charge in [-0.1, -0.05) is 165 Å². The molecular formula is C46H38N2. The molecule has 48 heavy (non-hydrogen) atoms. The third-order valence-electron chi connectivity index (χ3n) is 9.15. The Morgan fingerprint density at radius 3 is 2.17 bits per heavy atom. The molecule has 2 heteroatoms. The predicted molar refractivity (Wildman–Crippen MR) is 204 cm³/mol. The maximum Gasteiger partial charge on any atom is 0.0736 e. The molecule has 1 aliphatic rings. The van der Waals surface area contributed by atoms with E-state index < -0.39 is 0 Å². The molecule has 232 valence electrons. The van der Waals surface area contributed by atoms with E-state index >= 15 is 0 Å². The molecule has 2 nitrogen and oxygen atoms in total. The van der Waals surface area contributed by atoms with Crippen LogP contribution in [0.15, 0.2) is 170 Å². The topological polar surface area (TPSA) is 16.1 Å². The van der Waals surface area contributed by atoms with Gasteiger partial charge in [0.1, 0.15) is 0 Å². The van der Waals surface area contributed by atoms with Gasteiger partial charge in [0.15, 0.2) is 0 Å². The van der Waals surface area contributed by atoms with Crippen molar-refractivity contribution in [3.8, 4) is 33.6 Å². The highest BCUT2D eigenvalue weighted by atomic mass is 15.2. The molecule has 0 saturated heterocycles. The Labute approximate surface area is 283 Å². The number of hydrogen-bond donors (Lipinski definition) is 0. The maximum atomic E-state index is 5.41. The molecule has 5 aromatic carbocycles. The summed E-state index contributed by atoms with van der Waals surface area (Å²) >= 11 is 0. The van der Waals surface area contributed by atoms with E-state index in [4.69, 9.17) is 4.98 Å². The van der Waals surface area contributed by atoms with Crippen molar-refractivity contribution in [2.45, 2.75) is 12.5 Å². The predicted octanol–water partition coefficient (Wildman–Crippen LogP) is 9.59. The summed E-state index contributed by atoms with van der Waals surface area (Å²) in [5.41, 5.74) is 10.3. The van der Waals surface area contributed by atoms with Crippen LogP contribution in [0.1, 0.15) is 17.2 Å². The number of rotatable bonds is 7. The van der Waals surface area contributed by atoms with Gasteiger partial charge in [-0.3, -0.25) is 0 Å². The Balaban J connectivity index is 1.43. The van der Waals surface area contributed by atoms with E-state index in [0.29, 0.717) is 0 Å². The number of hydrogen-bond acceptors (Lipinski definition) is 2. The molecule has 0 fully saturated rings. The zero-order valence-electron chi connectivity index (χ0n) is 27.3. The minimum absolute atomic E-state index is 0.287. The first-order chi connectivity index (χ1) is 23.6. The van der Waals surface area contributed by atoms with Crippen molar-refractivity contribution in [2.75, 3.05) is 11.9 Å². The number of pyridine rings is 1. The molecule has 7 rings (SSSR count). The Kier molecular flexibility index (Phi) is 8.80. The second-order valence-electron chi connectivity index (χ2n) is 12.2. The molecule has 0 saturated carbocycles. The van der Waals surface area contributed by atoms with Gasteiger partial charge in [-0.2, -0.15) is 0 Å². The van der Waals surface area contributed by atoms with Crippen LogP contribution in [-0.2, 0) is 6.42 Å². The van der Waals surface area contributed by atoms with E-state index in [0.717, 1.165) is 60.9 Å². The van der Waals surface area contributed by atoms with Gasteiger partial charge in [-0.05, 0) is 67.7 Å². The summed E-state index contributed by atoms with van der Waals surface area (Å²) in [7, 11) is 2.22. The summed E-state index contributed by atoms with van der Waals surface area (Å²) in [6.07, 6.45) is 12.9. The Morgan fingerprint density at radius 1 is 0.646 bits per heavy atom. The molecule has 1 atom stereocenters. The van der Waals surface area contributed by atoms with E-state index in [2.05, 4.69) is 165 Å². The summed E-state index contributed by atoms with van der Waals surface area (Å²) in [5.74, 6) is 0. The standard InChI is InChI=1S/C46H38N2/c1-4-5-6-7-10-21-35-27-28-37(29-42(35)40-25-16-15-18-33(40)2)43-30-39(34-19-11-8-12-20-34)31-44(47-43)41-26-17-24-38-32-45(48(3)46(38)41)36-22-13-9-14-23-36/h4-31,45H,1-2,32H2,3H3/b6-5-,10-7-,35-21-,42-40-. The van der Waals surface area contributed by atoms with Gasteiger partial charge in [-0.25, -0.2) is 4.98 Å². The van der Waals surface area contributed by atoms with E-state index in [9.17, 15) is 0 Å². The quantitative estimate of drug-likeness (QED) is 0.166. The van der Waals surface area contributed by atoms with Crippen molar-refractivity contribution in [1.82, 2.24) is 4.98 Å². The Hall–Kier alpha value is -5.99. The number of likely N-dealkylation sites (N-methyl/N-ethyl adjacent to an activating group) is 1. The fourth-order valence-corrected chi connectivity index (χ4v) is 6.75. The SMILES string of the molecule is C=C\C=C/C=C\C=c1\ccc(-c2cc(-c3ccccc3)cc(-c3cccc4c3N(C)C(c3ccccc3)C4)n2)c\c1=c1/ccccc1=C. The number of allylic oxidation sites excluding steroid dienone is 5. The number of fused-ring (bicyclic) bond motifs is 1. The van der Waals surface area contributed by atoms with E-state index in [1.54, 1.807) is 6.08 Å². The van der Waals surface area contributed by atoms with Gasteiger partial charge >= 0.3 is 0 Å². The maximum absolute atomic E-state index is 5.41. The molecule has 0 radical (unpaired) electrons. The summed E-state index contributed by atoms with van der Waals surface area (Å²) in [4.78, 5) is 7.84. The lowest BCUT2D eigenvalue weighted by atomic mass is 9.97. The van der Waals surface area contributed by atoms with Crippen LogP contribution < -0.4 is 15.3 Å². The summed E-state index contributed by atoms with van der Waals surface area (Å²) in [5, 5.41) is 4.33. The van der Waals surface area contributed by atoms with E-state index in [1.807, 2.05) is 24.3 Å². The normalized spacial score (nSPS) is 15.3. The van der Waals surface area contributed by atoms with Gasteiger partial charge in [0, 0.05) is 23.9 Å². The average molecular weight is 619 g/mol. The van der Waals surface area contributed by atoms with Crippen molar-refractivity contribution in [3.63, 3.8) is 0 Å². The van der Waals surface area contributed by atoms with Crippen molar-refractivity contribution in [2.24, 2.45) is 0 Å². The van der Waals surface area contributed by atoms with Crippen molar-refractivity contribution in [1.29, 1.82) is 0 Å². The lowest BCUT2D eigenvalue weighted by Crippen LogP contribution is -2.20. The van der Waals surface area contributed by atoms with Crippen LogP contribution >= 0.6 is 0 Å². The molecule has 1 unspecified atom stereocenters. The number of nitrogens with zero attached hydrogens (tertiary/aromatic N) is 2.